The first-order valence-corrected chi connectivity index (χ1v) is 10.4. The average Bonchev–Trinajstić information content (AvgIpc) is 3.24. The number of nitrogens with zero attached hydrogens (tertiary/aromatic N) is 1. The van der Waals surface area contributed by atoms with E-state index < -0.39 is 6.04 Å². The zero-order valence-electron chi connectivity index (χ0n) is 16.3. The van der Waals surface area contributed by atoms with Crippen LogP contribution in [0.25, 0.3) is 0 Å². The molecule has 4 heterocycles. The molecule has 3 amide bonds. The van der Waals surface area contributed by atoms with Crippen LogP contribution < -0.4 is 16.0 Å². The lowest BCUT2D eigenvalue weighted by atomic mass is 9.93. The van der Waals surface area contributed by atoms with Crippen LogP contribution in [0.15, 0.2) is 18.2 Å². The van der Waals surface area contributed by atoms with Gasteiger partial charge in [-0.1, -0.05) is 12.1 Å². The summed E-state index contributed by atoms with van der Waals surface area (Å²) < 4.78 is 6.17. The van der Waals surface area contributed by atoms with Crippen molar-refractivity contribution < 1.29 is 19.1 Å². The van der Waals surface area contributed by atoms with Gasteiger partial charge in [0.1, 0.15) is 6.04 Å². The molecule has 3 fully saturated rings. The highest BCUT2D eigenvalue weighted by atomic mass is 16.5. The van der Waals surface area contributed by atoms with Gasteiger partial charge in [0.25, 0.3) is 5.91 Å². The lowest BCUT2D eigenvalue weighted by Gasteiger charge is -2.38. The molecule has 2 unspecified atom stereocenters. The number of fused-ring (bicyclic) bond motifs is 1. The monoisotopic (exact) mass is 398 g/mol. The van der Waals surface area contributed by atoms with Crippen molar-refractivity contribution in [3.8, 4) is 0 Å². The summed E-state index contributed by atoms with van der Waals surface area (Å²) >= 11 is 0. The Balaban J connectivity index is 1.18. The lowest BCUT2D eigenvalue weighted by Crippen LogP contribution is -2.59. The van der Waals surface area contributed by atoms with Gasteiger partial charge in [0.15, 0.2) is 0 Å². The minimum atomic E-state index is -0.568. The average molecular weight is 398 g/mol. The van der Waals surface area contributed by atoms with Crippen molar-refractivity contribution in [1.82, 2.24) is 20.9 Å². The molecular formula is C21H26N4O4. The minimum absolute atomic E-state index is 0.0752. The number of rotatable bonds is 5. The molecule has 2 atom stereocenters. The number of hydrogen-bond acceptors (Lipinski definition) is 6. The minimum Gasteiger partial charge on any atom is -0.368 e. The number of carbonyl (C=O) groups excluding carboxylic acids is 3. The van der Waals surface area contributed by atoms with E-state index in [0.29, 0.717) is 25.1 Å². The molecule has 0 radical (unpaired) electrons. The molecule has 5 rings (SSSR count). The van der Waals surface area contributed by atoms with E-state index in [4.69, 9.17) is 4.74 Å². The maximum Gasteiger partial charge on any atom is 0.255 e. The maximum atomic E-state index is 12.9. The Morgan fingerprint density at radius 2 is 2.07 bits per heavy atom. The van der Waals surface area contributed by atoms with Gasteiger partial charge in [-0.25, -0.2) is 0 Å². The summed E-state index contributed by atoms with van der Waals surface area (Å²) in [6, 6.07) is 5.35. The number of imide groups is 1. The van der Waals surface area contributed by atoms with Gasteiger partial charge in [-0.2, -0.15) is 0 Å². The molecule has 0 saturated carbocycles. The molecular weight excluding hydrogens is 372 g/mol. The third-order valence-corrected chi connectivity index (χ3v) is 6.53. The zero-order valence-corrected chi connectivity index (χ0v) is 16.3. The molecule has 3 N–H and O–H groups in total. The fourth-order valence-corrected chi connectivity index (χ4v) is 4.79. The van der Waals surface area contributed by atoms with E-state index in [2.05, 4.69) is 16.0 Å². The molecule has 29 heavy (non-hydrogen) atoms. The molecule has 3 saturated heterocycles. The van der Waals surface area contributed by atoms with Gasteiger partial charge in [0.05, 0.1) is 11.7 Å². The van der Waals surface area contributed by atoms with Gasteiger partial charge >= 0.3 is 0 Å². The van der Waals surface area contributed by atoms with Crippen LogP contribution in [0.2, 0.25) is 0 Å². The summed E-state index contributed by atoms with van der Waals surface area (Å²) in [5, 5.41) is 9.07. The molecule has 0 aliphatic carbocycles. The third-order valence-electron chi connectivity index (χ3n) is 6.53. The summed E-state index contributed by atoms with van der Waals surface area (Å²) in [6.45, 7) is 3.81. The van der Waals surface area contributed by atoms with Crippen LogP contribution in [0.4, 0.5) is 0 Å². The zero-order chi connectivity index (χ0) is 20.0. The Bertz CT molecular complexity index is 866. The summed E-state index contributed by atoms with van der Waals surface area (Å²) in [6.07, 6.45) is 3.11. The second-order valence-electron chi connectivity index (χ2n) is 8.59. The highest BCUT2D eigenvalue weighted by Gasteiger charge is 2.44. The summed E-state index contributed by atoms with van der Waals surface area (Å²) in [5.74, 6) is -0.773. The summed E-state index contributed by atoms with van der Waals surface area (Å²) in [4.78, 5) is 38.0. The second kappa shape index (κ2) is 7.19. The second-order valence-corrected chi connectivity index (χ2v) is 8.59. The predicted molar refractivity (Wildman–Crippen MR) is 104 cm³/mol. The van der Waals surface area contributed by atoms with E-state index in [1.807, 2.05) is 18.2 Å². The van der Waals surface area contributed by atoms with Crippen LogP contribution in [0.3, 0.4) is 0 Å². The Labute approximate surface area is 169 Å². The number of benzene rings is 1. The van der Waals surface area contributed by atoms with Crippen molar-refractivity contribution in [2.75, 3.05) is 19.6 Å². The van der Waals surface area contributed by atoms with E-state index in [1.165, 1.54) is 0 Å². The molecule has 4 aliphatic heterocycles. The largest absolute Gasteiger partial charge is 0.368 e. The number of carbonyl (C=O) groups is 3. The van der Waals surface area contributed by atoms with Gasteiger partial charge in [-0.3, -0.25) is 19.7 Å². The van der Waals surface area contributed by atoms with Gasteiger partial charge in [-0.05, 0) is 36.5 Å². The molecule has 8 nitrogen and oxygen atoms in total. The number of nitrogens with one attached hydrogen (secondary N) is 3. The highest BCUT2D eigenvalue weighted by molar-refractivity contribution is 6.05. The quantitative estimate of drug-likeness (QED) is 0.607. The maximum absolute atomic E-state index is 12.9. The van der Waals surface area contributed by atoms with Crippen molar-refractivity contribution in [3.63, 3.8) is 0 Å². The van der Waals surface area contributed by atoms with E-state index in [1.54, 1.807) is 4.90 Å². The van der Waals surface area contributed by atoms with E-state index in [-0.39, 0.29) is 35.8 Å². The third kappa shape index (κ3) is 3.45. The van der Waals surface area contributed by atoms with Gasteiger partial charge < -0.3 is 20.3 Å². The fourth-order valence-electron chi connectivity index (χ4n) is 4.79. The van der Waals surface area contributed by atoms with Crippen molar-refractivity contribution in [3.05, 3.63) is 34.9 Å². The Morgan fingerprint density at radius 1 is 1.21 bits per heavy atom. The first kappa shape index (κ1) is 18.7. The number of amides is 3. The van der Waals surface area contributed by atoms with Gasteiger partial charge in [-0.15, -0.1) is 0 Å². The SMILES string of the molecule is O=C1CCC(N2Cc3ccc(CNCC4CCC5(CNC5)O4)cc3C2=O)C(=O)N1. The van der Waals surface area contributed by atoms with Crippen LogP contribution in [0.1, 0.15) is 47.2 Å². The van der Waals surface area contributed by atoms with Crippen LogP contribution in [0.5, 0.6) is 0 Å². The van der Waals surface area contributed by atoms with E-state index in [9.17, 15) is 14.4 Å². The number of piperidine rings is 1. The smallest absolute Gasteiger partial charge is 0.255 e. The molecule has 1 spiro atoms. The normalized spacial score (nSPS) is 27.9. The van der Waals surface area contributed by atoms with E-state index in [0.717, 1.165) is 43.6 Å². The van der Waals surface area contributed by atoms with Crippen molar-refractivity contribution in [2.24, 2.45) is 0 Å². The standard InChI is InChI=1S/C21H26N4O4/c26-18-4-3-17(19(27)24-18)25-10-14-2-1-13(7-16(14)20(25)28)8-22-9-15-5-6-21(29-15)11-23-12-21/h1-2,7,15,17,22-23H,3-6,8-12H2,(H,24,26,27). The van der Waals surface area contributed by atoms with Crippen molar-refractivity contribution in [1.29, 1.82) is 0 Å². The van der Waals surface area contributed by atoms with Crippen LogP contribution in [-0.4, -0.2) is 60.0 Å². The lowest BCUT2D eigenvalue weighted by molar-refractivity contribution is -0.136. The van der Waals surface area contributed by atoms with Crippen molar-refractivity contribution in [2.45, 2.75) is 56.5 Å². The molecule has 0 bridgehead atoms. The van der Waals surface area contributed by atoms with Crippen molar-refractivity contribution >= 4 is 17.7 Å². The highest BCUT2D eigenvalue weighted by Crippen LogP contribution is 2.33. The Hall–Kier alpha value is -2.29. The summed E-state index contributed by atoms with van der Waals surface area (Å²) in [5.41, 5.74) is 2.71. The van der Waals surface area contributed by atoms with Gasteiger partial charge in [0, 0.05) is 44.7 Å². The molecule has 154 valence electrons. The molecule has 4 aliphatic rings. The predicted octanol–water partition coefficient (Wildman–Crippen LogP) is 0.0582. The van der Waals surface area contributed by atoms with Crippen LogP contribution >= 0.6 is 0 Å². The first-order valence-electron chi connectivity index (χ1n) is 10.4. The fraction of sp³-hybridized carbons (Fsp3) is 0.571. The molecule has 8 heteroatoms. The Morgan fingerprint density at radius 3 is 2.79 bits per heavy atom. The first-order chi connectivity index (χ1) is 14.0. The molecule has 1 aromatic carbocycles. The Kier molecular flexibility index (Phi) is 4.64. The van der Waals surface area contributed by atoms with Crippen LogP contribution in [-0.2, 0) is 27.4 Å². The number of ether oxygens (including phenoxy) is 1. The van der Waals surface area contributed by atoms with E-state index >= 15 is 0 Å². The van der Waals surface area contributed by atoms with Crippen LogP contribution in [0, 0.1) is 0 Å². The number of hydrogen-bond donors (Lipinski definition) is 3. The summed E-state index contributed by atoms with van der Waals surface area (Å²) in [7, 11) is 0. The molecule has 0 aromatic heterocycles. The topological polar surface area (TPSA) is 99.8 Å². The molecule has 1 aromatic rings. The van der Waals surface area contributed by atoms with Gasteiger partial charge in [0.2, 0.25) is 11.8 Å².